The molecule has 1 aliphatic heterocycles. The van der Waals surface area contributed by atoms with Gasteiger partial charge < -0.3 is 10.4 Å². The molecule has 5 nitrogen and oxygen atoms in total. The number of hydrogen-bond donors (Lipinski definition) is 2. The number of pyridine rings is 1. The molecule has 2 rings (SSSR count). The van der Waals surface area contributed by atoms with Crippen LogP contribution in [-0.4, -0.2) is 46.6 Å². The van der Waals surface area contributed by atoms with Crippen LogP contribution in [0, 0.1) is 0 Å². The molecule has 0 saturated carbocycles. The number of likely N-dealkylation sites (tertiary alicyclic amines) is 1. The Balaban J connectivity index is 1.89. The smallest absolute Gasteiger partial charge is 0.239 e. The highest BCUT2D eigenvalue weighted by atomic mass is 35.5. The van der Waals surface area contributed by atoms with Crippen molar-refractivity contribution in [3.8, 4) is 0 Å². The second kappa shape index (κ2) is 5.18. The maximum absolute atomic E-state index is 11.6. The lowest BCUT2D eigenvalue weighted by Crippen LogP contribution is -2.53. The molecule has 1 aromatic rings. The van der Waals surface area contributed by atoms with Crippen LogP contribution in [0.15, 0.2) is 12.3 Å². The molecule has 1 aliphatic rings. The molecular formula is C10H11Cl2N3O2. The predicted octanol–water partition coefficient (Wildman–Crippen LogP) is 1.00. The second-order valence-electron chi connectivity index (χ2n) is 3.88. The van der Waals surface area contributed by atoms with Gasteiger partial charge >= 0.3 is 0 Å². The lowest BCUT2D eigenvalue weighted by Gasteiger charge is -2.34. The maximum atomic E-state index is 11.6. The number of aromatic nitrogens is 1. The molecule has 1 amide bonds. The molecule has 0 atom stereocenters. The van der Waals surface area contributed by atoms with Crippen molar-refractivity contribution in [3.05, 3.63) is 22.3 Å². The molecule has 0 bridgehead atoms. The monoisotopic (exact) mass is 275 g/mol. The number of rotatable bonds is 3. The first-order valence-corrected chi connectivity index (χ1v) is 5.81. The summed E-state index contributed by atoms with van der Waals surface area (Å²) in [7, 11) is 0. The van der Waals surface area contributed by atoms with Gasteiger partial charge in [-0.3, -0.25) is 9.69 Å². The standard InChI is InChI=1S/C10H11Cl2N3O2/c11-6-1-8(12)10(13-2-6)14-9(17)5-15-3-7(16)4-15/h1-2,7,16H,3-5H2,(H,13,14,17). The number of anilines is 1. The molecule has 92 valence electrons. The zero-order valence-corrected chi connectivity index (χ0v) is 10.4. The summed E-state index contributed by atoms with van der Waals surface area (Å²) in [6, 6.07) is 1.51. The Morgan fingerprint density at radius 1 is 1.59 bits per heavy atom. The van der Waals surface area contributed by atoms with E-state index >= 15 is 0 Å². The molecule has 0 radical (unpaired) electrons. The van der Waals surface area contributed by atoms with E-state index in [2.05, 4.69) is 10.3 Å². The molecule has 17 heavy (non-hydrogen) atoms. The summed E-state index contributed by atoms with van der Waals surface area (Å²) in [6.45, 7) is 1.27. The summed E-state index contributed by atoms with van der Waals surface area (Å²) in [4.78, 5) is 17.3. The number of hydrogen-bond acceptors (Lipinski definition) is 4. The summed E-state index contributed by atoms with van der Waals surface area (Å²) < 4.78 is 0. The molecule has 7 heteroatoms. The van der Waals surface area contributed by atoms with E-state index in [1.165, 1.54) is 12.3 Å². The Morgan fingerprint density at radius 2 is 2.29 bits per heavy atom. The van der Waals surface area contributed by atoms with Crippen LogP contribution >= 0.6 is 23.2 Å². The van der Waals surface area contributed by atoms with Gasteiger partial charge in [-0.1, -0.05) is 23.2 Å². The summed E-state index contributed by atoms with van der Waals surface area (Å²) in [6.07, 6.45) is 1.09. The average molecular weight is 276 g/mol. The minimum atomic E-state index is -0.319. The third-order valence-electron chi connectivity index (χ3n) is 2.37. The molecule has 0 unspecified atom stereocenters. The van der Waals surface area contributed by atoms with E-state index in [1.54, 1.807) is 0 Å². The van der Waals surface area contributed by atoms with Crippen molar-refractivity contribution in [1.29, 1.82) is 0 Å². The number of nitrogens with zero attached hydrogens (tertiary/aromatic N) is 2. The van der Waals surface area contributed by atoms with Crippen molar-refractivity contribution < 1.29 is 9.90 Å². The van der Waals surface area contributed by atoms with E-state index in [9.17, 15) is 4.79 Å². The molecule has 1 saturated heterocycles. The van der Waals surface area contributed by atoms with Crippen LogP contribution in [0.2, 0.25) is 10.0 Å². The van der Waals surface area contributed by atoms with Gasteiger partial charge in [0.15, 0.2) is 5.82 Å². The van der Waals surface area contributed by atoms with Crippen LogP contribution in [0.5, 0.6) is 0 Å². The van der Waals surface area contributed by atoms with Gasteiger partial charge in [-0.25, -0.2) is 4.98 Å². The summed E-state index contributed by atoms with van der Waals surface area (Å²) in [5.41, 5.74) is 0. The quantitative estimate of drug-likeness (QED) is 0.864. The highest BCUT2D eigenvalue weighted by molar-refractivity contribution is 6.36. The van der Waals surface area contributed by atoms with E-state index in [4.69, 9.17) is 28.3 Å². The molecule has 2 heterocycles. The molecule has 0 aliphatic carbocycles. The summed E-state index contributed by atoms with van der Waals surface area (Å²) in [5, 5.41) is 12.4. The van der Waals surface area contributed by atoms with Crippen LogP contribution in [0.4, 0.5) is 5.82 Å². The van der Waals surface area contributed by atoms with E-state index < -0.39 is 0 Å². The van der Waals surface area contributed by atoms with Gasteiger partial charge in [0.2, 0.25) is 5.91 Å². The van der Waals surface area contributed by atoms with Crippen LogP contribution in [0.1, 0.15) is 0 Å². The van der Waals surface area contributed by atoms with Gasteiger partial charge in [-0.15, -0.1) is 0 Å². The summed E-state index contributed by atoms with van der Waals surface area (Å²) >= 11 is 11.6. The molecule has 2 N–H and O–H groups in total. The minimum absolute atomic E-state index is 0.214. The predicted molar refractivity (Wildman–Crippen MR) is 65.3 cm³/mol. The molecule has 0 aromatic carbocycles. The van der Waals surface area contributed by atoms with E-state index in [0.29, 0.717) is 29.0 Å². The van der Waals surface area contributed by atoms with E-state index in [1.807, 2.05) is 4.90 Å². The van der Waals surface area contributed by atoms with Crippen LogP contribution in [-0.2, 0) is 4.79 Å². The first kappa shape index (κ1) is 12.6. The van der Waals surface area contributed by atoms with Gasteiger partial charge in [0.1, 0.15) is 0 Å². The van der Waals surface area contributed by atoms with E-state index in [0.717, 1.165) is 0 Å². The van der Waals surface area contributed by atoms with Crippen molar-refractivity contribution in [2.45, 2.75) is 6.10 Å². The third-order valence-corrected chi connectivity index (χ3v) is 2.87. The Morgan fingerprint density at radius 3 is 2.88 bits per heavy atom. The molecule has 1 aromatic heterocycles. The van der Waals surface area contributed by atoms with Crippen molar-refractivity contribution >= 4 is 34.9 Å². The highest BCUT2D eigenvalue weighted by Gasteiger charge is 2.26. The van der Waals surface area contributed by atoms with Crippen molar-refractivity contribution in [2.24, 2.45) is 0 Å². The molecular weight excluding hydrogens is 265 g/mol. The van der Waals surface area contributed by atoms with Crippen molar-refractivity contribution in [1.82, 2.24) is 9.88 Å². The Hall–Kier alpha value is -0.880. The lowest BCUT2D eigenvalue weighted by molar-refractivity contribution is -0.119. The maximum Gasteiger partial charge on any atom is 0.239 e. The lowest BCUT2D eigenvalue weighted by atomic mass is 10.2. The topological polar surface area (TPSA) is 65.5 Å². The largest absolute Gasteiger partial charge is 0.390 e. The number of amides is 1. The average Bonchev–Trinajstić information content (AvgIpc) is 2.20. The fourth-order valence-electron chi connectivity index (χ4n) is 1.55. The zero-order valence-electron chi connectivity index (χ0n) is 8.86. The number of nitrogens with one attached hydrogen (secondary N) is 1. The highest BCUT2D eigenvalue weighted by Crippen LogP contribution is 2.22. The van der Waals surface area contributed by atoms with Crippen LogP contribution < -0.4 is 5.32 Å². The van der Waals surface area contributed by atoms with Crippen LogP contribution in [0.3, 0.4) is 0 Å². The number of halogens is 2. The second-order valence-corrected chi connectivity index (χ2v) is 4.72. The Bertz CT molecular complexity index is 436. The summed E-state index contributed by atoms with van der Waals surface area (Å²) in [5.74, 6) is 0.0794. The SMILES string of the molecule is O=C(CN1CC(O)C1)Nc1ncc(Cl)cc1Cl. The number of aliphatic hydroxyl groups is 1. The molecule has 1 fully saturated rings. The first-order chi connectivity index (χ1) is 8.04. The first-order valence-electron chi connectivity index (χ1n) is 5.06. The van der Waals surface area contributed by atoms with Gasteiger partial charge in [0, 0.05) is 19.3 Å². The van der Waals surface area contributed by atoms with Gasteiger partial charge in [-0.05, 0) is 6.07 Å². The Kier molecular flexibility index (Phi) is 3.83. The number of carbonyl (C=O) groups excluding carboxylic acids is 1. The van der Waals surface area contributed by atoms with Gasteiger partial charge in [-0.2, -0.15) is 0 Å². The van der Waals surface area contributed by atoms with E-state index in [-0.39, 0.29) is 18.6 Å². The van der Waals surface area contributed by atoms with Crippen LogP contribution in [0.25, 0.3) is 0 Å². The zero-order chi connectivity index (χ0) is 12.4. The normalized spacial score (nSPS) is 16.6. The third kappa shape index (κ3) is 3.29. The fourth-order valence-corrected chi connectivity index (χ4v) is 1.98. The van der Waals surface area contributed by atoms with Crippen molar-refractivity contribution in [2.75, 3.05) is 25.0 Å². The van der Waals surface area contributed by atoms with Gasteiger partial charge in [0.05, 0.1) is 22.7 Å². The number of carbonyl (C=O) groups is 1. The Labute approximate surface area is 108 Å². The number of aliphatic hydroxyl groups excluding tert-OH is 1. The fraction of sp³-hybridized carbons (Fsp3) is 0.400. The minimum Gasteiger partial charge on any atom is -0.390 e. The van der Waals surface area contributed by atoms with Gasteiger partial charge in [0.25, 0.3) is 0 Å². The molecule has 0 spiro atoms. The van der Waals surface area contributed by atoms with Crippen molar-refractivity contribution in [3.63, 3.8) is 0 Å². The number of β-amino-alcohol motifs (C(OH)–C–C–N with tert-alkyl or cyclic N) is 1.